The number of hydrogen-bond donors (Lipinski definition) is 1. The van der Waals surface area contributed by atoms with Crippen molar-refractivity contribution in [2.75, 3.05) is 7.11 Å². The van der Waals surface area contributed by atoms with Crippen molar-refractivity contribution in [3.63, 3.8) is 0 Å². The molecule has 1 N–H and O–H groups in total. The molecule has 1 aromatic heterocycles. The molecule has 0 aliphatic carbocycles. The second kappa shape index (κ2) is 9.28. The Hall–Kier alpha value is -3.93. The third kappa shape index (κ3) is 4.24. The molecule has 1 aliphatic heterocycles. The predicted molar refractivity (Wildman–Crippen MR) is 126 cm³/mol. The van der Waals surface area contributed by atoms with Crippen molar-refractivity contribution in [1.82, 2.24) is 9.88 Å². The van der Waals surface area contributed by atoms with Crippen molar-refractivity contribution >= 4 is 17.4 Å². The van der Waals surface area contributed by atoms with E-state index in [1.807, 2.05) is 37.3 Å². The Bertz CT molecular complexity index is 1220. The minimum absolute atomic E-state index is 0.0812. The molecule has 0 bridgehead atoms. The zero-order valence-electron chi connectivity index (χ0n) is 18.9. The number of methoxy groups -OCH3 is 1. The summed E-state index contributed by atoms with van der Waals surface area (Å²) in [5.74, 6) is -0.864. The molecule has 0 saturated carbocycles. The first-order valence-corrected chi connectivity index (χ1v) is 10.9. The third-order valence-electron chi connectivity index (χ3n) is 5.99. The number of ether oxygens (including phenoxy) is 1. The molecular formula is C27H26N2O4. The SMILES string of the molecule is CCc1ccc(C2C(=C(O)c3ccc(OC)c(C)c3)C(=O)C(=O)N2Cc2cccnc2)cc1. The van der Waals surface area contributed by atoms with E-state index in [1.165, 1.54) is 4.90 Å². The summed E-state index contributed by atoms with van der Waals surface area (Å²) >= 11 is 0. The number of amides is 1. The largest absolute Gasteiger partial charge is 0.507 e. The van der Waals surface area contributed by atoms with Gasteiger partial charge in [0.2, 0.25) is 0 Å². The number of benzene rings is 2. The highest BCUT2D eigenvalue weighted by molar-refractivity contribution is 6.46. The van der Waals surface area contributed by atoms with Gasteiger partial charge in [0, 0.05) is 24.5 Å². The number of carbonyl (C=O) groups is 2. The smallest absolute Gasteiger partial charge is 0.295 e. The number of aliphatic hydroxyl groups is 1. The molecular weight excluding hydrogens is 416 g/mol. The second-order valence-electron chi connectivity index (χ2n) is 8.07. The summed E-state index contributed by atoms with van der Waals surface area (Å²) in [4.78, 5) is 31.9. The topological polar surface area (TPSA) is 79.7 Å². The number of likely N-dealkylation sites (tertiary alicyclic amines) is 1. The molecule has 6 heteroatoms. The molecule has 4 rings (SSSR count). The highest BCUT2D eigenvalue weighted by atomic mass is 16.5. The molecule has 168 valence electrons. The number of carbonyl (C=O) groups excluding carboxylic acids is 2. The van der Waals surface area contributed by atoms with E-state index in [2.05, 4.69) is 11.9 Å². The van der Waals surface area contributed by atoms with Gasteiger partial charge in [-0.15, -0.1) is 0 Å². The van der Waals surface area contributed by atoms with Gasteiger partial charge in [-0.3, -0.25) is 14.6 Å². The number of Topliss-reactive ketones (excluding diaryl/α,β-unsaturated/α-hetero) is 1. The molecule has 2 aromatic carbocycles. The molecule has 3 aromatic rings. The van der Waals surface area contributed by atoms with E-state index in [9.17, 15) is 14.7 Å². The molecule has 1 amide bonds. The van der Waals surface area contributed by atoms with Gasteiger partial charge in [-0.05, 0) is 59.9 Å². The summed E-state index contributed by atoms with van der Waals surface area (Å²) in [6.45, 7) is 4.13. The maximum Gasteiger partial charge on any atom is 0.295 e. The number of hydrogen-bond acceptors (Lipinski definition) is 5. The Kier molecular flexibility index (Phi) is 6.27. The first kappa shape index (κ1) is 22.3. The van der Waals surface area contributed by atoms with Crippen molar-refractivity contribution in [3.8, 4) is 5.75 Å². The number of aryl methyl sites for hydroxylation is 2. The van der Waals surface area contributed by atoms with Gasteiger partial charge in [-0.1, -0.05) is 37.3 Å². The standard InChI is InChI=1S/C27H26N2O4/c1-4-18-7-9-20(10-8-18)24-23(25(30)21-11-12-22(33-3)17(2)14-21)26(31)27(32)29(24)16-19-6-5-13-28-15-19/h5-15,24,30H,4,16H2,1-3H3. The quantitative estimate of drug-likeness (QED) is 0.343. The van der Waals surface area contributed by atoms with Gasteiger partial charge in [0.05, 0.1) is 18.7 Å². The van der Waals surface area contributed by atoms with Crippen molar-refractivity contribution in [2.45, 2.75) is 32.9 Å². The lowest BCUT2D eigenvalue weighted by atomic mass is 9.94. The lowest BCUT2D eigenvalue weighted by Gasteiger charge is -2.25. The Labute approximate surface area is 193 Å². The van der Waals surface area contributed by atoms with E-state index >= 15 is 0 Å². The number of aromatic nitrogens is 1. The number of aliphatic hydroxyl groups excluding tert-OH is 1. The first-order chi connectivity index (χ1) is 15.9. The predicted octanol–water partition coefficient (Wildman–Crippen LogP) is 4.58. The number of pyridine rings is 1. The van der Waals surface area contributed by atoms with E-state index in [-0.39, 0.29) is 17.9 Å². The average Bonchev–Trinajstić information content (AvgIpc) is 3.09. The van der Waals surface area contributed by atoms with Crippen LogP contribution in [0, 0.1) is 6.92 Å². The Morgan fingerprint density at radius 1 is 1.09 bits per heavy atom. The van der Waals surface area contributed by atoms with E-state index in [0.29, 0.717) is 11.3 Å². The molecule has 1 aliphatic rings. The highest BCUT2D eigenvalue weighted by Gasteiger charge is 2.46. The van der Waals surface area contributed by atoms with Gasteiger partial charge in [-0.25, -0.2) is 0 Å². The molecule has 0 radical (unpaired) electrons. The Balaban J connectivity index is 1.85. The van der Waals surface area contributed by atoms with Gasteiger partial charge >= 0.3 is 0 Å². The fourth-order valence-corrected chi connectivity index (χ4v) is 4.19. The van der Waals surface area contributed by atoms with Crippen LogP contribution in [-0.4, -0.2) is 33.8 Å². The third-order valence-corrected chi connectivity index (χ3v) is 5.99. The summed E-state index contributed by atoms with van der Waals surface area (Å²) in [5, 5.41) is 11.2. The van der Waals surface area contributed by atoms with Crippen LogP contribution in [0.15, 0.2) is 72.6 Å². The zero-order valence-corrected chi connectivity index (χ0v) is 18.9. The average molecular weight is 443 g/mol. The summed E-state index contributed by atoms with van der Waals surface area (Å²) < 4.78 is 5.31. The summed E-state index contributed by atoms with van der Waals surface area (Å²) in [5.41, 5.74) is 4.07. The number of rotatable bonds is 6. The van der Waals surface area contributed by atoms with Crippen molar-refractivity contribution in [2.24, 2.45) is 0 Å². The van der Waals surface area contributed by atoms with Gasteiger partial charge in [0.15, 0.2) is 0 Å². The van der Waals surface area contributed by atoms with E-state index < -0.39 is 17.7 Å². The van der Waals surface area contributed by atoms with Crippen LogP contribution < -0.4 is 4.74 Å². The van der Waals surface area contributed by atoms with Crippen LogP contribution in [0.5, 0.6) is 5.75 Å². The highest BCUT2D eigenvalue weighted by Crippen LogP contribution is 2.40. The molecule has 1 fully saturated rings. The molecule has 0 spiro atoms. The molecule has 6 nitrogen and oxygen atoms in total. The van der Waals surface area contributed by atoms with E-state index in [1.54, 1.807) is 43.8 Å². The first-order valence-electron chi connectivity index (χ1n) is 10.9. The van der Waals surface area contributed by atoms with Crippen LogP contribution in [0.2, 0.25) is 0 Å². The summed E-state index contributed by atoms with van der Waals surface area (Å²) in [7, 11) is 1.58. The minimum atomic E-state index is -0.710. The van der Waals surface area contributed by atoms with Gasteiger partial charge in [-0.2, -0.15) is 0 Å². The fourth-order valence-electron chi connectivity index (χ4n) is 4.19. The molecule has 2 heterocycles. The van der Waals surface area contributed by atoms with Crippen LogP contribution in [0.25, 0.3) is 5.76 Å². The fraction of sp³-hybridized carbons (Fsp3) is 0.222. The number of ketones is 1. The van der Waals surface area contributed by atoms with Gasteiger partial charge in [0.1, 0.15) is 11.5 Å². The van der Waals surface area contributed by atoms with Crippen LogP contribution in [0.4, 0.5) is 0 Å². The lowest BCUT2D eigenvalue weighted by molar-refractivity contribution is -0.140. The summed E-state index contributed by atoms with van der Waals surface area (Å²) in [6, 6.07) is 15.9. The maximum atomic E-state index is 13.2. The van der Waals surface area contributed by atoms with Gasteiger partial charge < -0.3 is 14.7 Å². The summed E-state index contributed by atoms with van der Waals surface area (Å²) in [6.07, 6.45) is 4.20. The monoisotopic (exact) mass is 442 g/mol. The molecule has 1 saturated heterocycles. The van der Waals surface area contributed by atoms with Crippen molar-refractivity contribution in [1.29, 1.82) is 0 Å². The van der Waals surface area contributed by atoms with Crippen LogP contribution in [-0.2, 0) is 22.6 Å². The maximum absolute atomic E-state index is 13.2. The second-order valence-corrected chi connectivity index (χ2v) is 8.07. The number of nitrogens with zero attached hydrogens (tertiary/aromatic N) is 2. The van der Waals surface area contributed by atoms with E-state index in [4.69, 9.17) is 4.74 Å². The van der Waals surface area contributed by atoms with Gasteiger partial charge in [0.25, 0.3) is 11.7 Å². The molecule has 1 unspecified atom stereocenters. The molecule has 33 heavy (non-hydrogen) atoms. The lowest BCUT2D eigenvalue weighted by Crippen LogP contribution is -2.29. The van der Waals surface area contributed by atoms with Crippen LogP contribution in [0.1, 0.15) is 40.8 Å². The van der Waals surface area contributed by atoms with Crippen LogP contribution in [0.3, 0.4) is 0 Å². The molecule has 1 atom stereocenters. The normalized spacial score (nSPS) is 17.4. The van der Waals surface area contributed by atoms with Crippen molar-refractivity contribution in [3.05, 3.63) is 100 Å². The Morgan fingerprint density at radius 2 is 1.85 bits per heavy atom. The minimum Gasteiger partial charge on any atom is -0.507 e. The Morgan fingerprint density at radius 3 is 2.45 bits per heavy atom. The van der Waals surface area contributed by atoms with Crippen LogP contribution >= 0.6 is 0 Å². The van der Waals surface area contributed by atoms with E-state index in [0.717, 1.165) is 28.7 Å². The zero-order chi connectivity index (χ0) is 23.5. The van der Waals surface area contributed by atoms with Crippen molar-refractivity contribution < 1.29 is 19.4 Å².